The molecule has 6 heteroatoms. The van der Waals surface area contributed by atoms with Crippen LogP contribution in [0.15, 0.2) is 0 Å². The van der Waals surface area contributed by atoms with Crippen LogP contribution in [0.5, 0.6) is 0 Å². The first-order chi connectivity index (χ1) is 6.95. The molecule has 84 valence electrons. The van der Waals surface area contributed by atoms with E-state index in [1.54, 1.807) is 0 Å². The standard InChI is InChI=1S/C7H11NO.C2H2O4/c9-6-3-7(4-6)1-2-8-5-7;3-1(4)2(5)6/h8H,1-5H2;(H,3,4)(H,5,6). The summed E-state index contributed by atoms with van der Waals surface area (Å²) in [6.45, 7) is 2.20. The van der Waals surface area contributed by atoms with Crippen molar-refractivity contribution in [2.24, 2.45) is 5.41 Å². The summed E-state index contributed by atoms with van der Waals surface area (Å²) in [6, 6.07) is 0. The molecule has 3 N–H and O–H groups in total. The van der Waals surface area contributed by atoms with E-state index in [1.807, 2.05) is 0 Å². The van der Waals surface area contributed by atoms with Gasteiger partial charge in [-0.05, 0) is 18.4 Å². The largest absolute Gasteiger partial charge is 0.473 e. The number of carboxylic acids is 2. The van der Waals surface area contributed by atoms with Crippen LogP contribution in [0.3, 0.4) is 0 Å². The SMILES string of the molecule is O=C(O)C(=O)O.O=C1CC2(CCNC2)C1. The molecule has 0 radical (unpaired) electrons. The Balaban J connectivity index is 0.000000167. The number of rotatable bonds is 0. The Morgan fingerprint density at radius 2 is 1.73 bits per heavy atom. The molecule has 15 heavy (non-hydrogen) atoms. The van der Waals surface area contributed by atoms with Gasteiger partial charge < -0.3 is 15.5 Å². The van der Waals surface area contributed by atoms with E-state index in [2.05, 4.69) is 5.32 Å². The quantitative estimate of drug-likeness (QED) is 0.470. The number of hydrogen-bond donors (Lipinski definition) is 3. The molecule has 6 nitrogen and oxygen atoms in total. The molecule has 1 heterocycles. The van der Waals surface area contributed by atoms with Gasteiger partial charge in [0, 0.05) is 19.4 Å². The summed E-state index contributed by atoms with van der Waals surface area (Å²) < 4.78 is 0. The molecule has 0 aromatic heterocycles. The van der Waals surface area contributed by atoms with Crippen molar-refractivity contribution in [1.29, 1.82) is 0 Å². The van der Waals surface area contributed by atoms with E-state index in [0.717, 1.165) is 25.9 Å². The summed E-state index contributed by atoms with van der Waals surface area (Å²) in [6.07, 6.45) is 2.92. The first-order valence-corrected chi connectivity index (χ1v) is 4.64. The third-order valence-corrected chi connectivity index (χ3v) is 2.66. The molecule has 0 bridgehead atoms. The number of aliphatic carboxylic acids is 2. The average molecular weight is 215 g/mol. The topological polar surface area (TPSA) is 104 Å². The predicted octanol–water partition coefficient (Wildman–Crippen LogP) is -0.515. The molecule has 1 spiro atoms. The lowest BCUT2D eigenvalue weighted by Gasteiger charge is -2.35. The maximum atomic E-state index is 10.6. The van der Waals surface area contributed by atoms with Crippen molar-refractivity contribution >= 4 is 17.7 Å². The van der Waals surface area contributed by atoms with Gasteiger partial charge in [0.05, 0.1) is 0 Å². The molecule has 1 saturated carbocycles. The van der Waals surface area contributed by atoms with E-state index in [0.29, 0.717) is 11.2 Å². The van der Waals surface area contributed by atoms with E-state index in [9.17, 15) is 4.79 Å². The van der Waals surface area contributed by atoms with Crippen molar-refractivity contribution < 1.29 is 24.6 Å². The van der Waals surface area contributed by atoms with Gasteiger partial charge in [0.25, 0.3) is 0 Å². The molecule has 0 aromatic rings. The monoisotopic (exact) mass is 215 g/mol. The summed E-state index contributed by atoms with van der Waals surface area (Å²) in [5.74, 6) is -3.19. The van der Waals surface area contributed by atoms with Crippen LogP contribution >= 0.6 is 0 Å². The maximum Gasteiger partial charge on any atom is 0.414 e. The molecule has 0 aromatic carbocycles. The summed E-state index contributed by atoms with van der Waals surface area (Å²) in [4.78, 5) is 28.8. The van der Waals surface area contributed by atoms with Gasteiger partial charge in [-0.25, -0.2) is 9.59 Å². The van der Waals surface area contributed by atoms with Gasteiger partial charge in [0.15, 0.2) is 0 Å². The molecule has 0 amide bonds. The number of ketones is 1. The first kappa shape index (κ1) is 11.6. The van der Waals surface area contributed by atoms with E-state index in [4.69, 9.17) is 19.8 Å². The molecule has 1 saturated heterocycles. The second-order valence-electron chi connectivity index (χ2n) is 3.93. The van der Waals surface area contributed by atoms with Crippen LogP contribution in [0.2, 0.25) is 0 Å². The van der Waals surface area contributed by atoms with Gasteiger partial charge >= 0.3 is 11.9 Å². The second kappa shape index (κ2) is 4.39. The van der Waals surface area contributed by atoms with E-state index >= 15 is 0 Å². The fourth-order valence-electron chi connectivity index (χ4n) is 1.88. The van der Waals surface area contributed by atoms with Crippen molar-refractivity contribution in [1.82, 2.24) is 5.32 Å². The Kier molecular flexibility index (Phi) is 3.41. The fraction of sp³-hybridized carbons (Fsp3) is 0.667. The van der Waals surface area contributed by atoms with Crippen molar-refractivity contribution in [3.05, 3.63) is 0 Å². The van der Waals surface area contributed by atoms with Gasteiger partial charge in [0.2, 0.25) is 0 Å². The van der Waals surface area contributed by atoms with Crippen LogP contribution in [-0.2, 0) is 14.4 Å². The van der Waals surface area contributed by atoms with Crippen molar-refractivity contribution in [3.8, 4) is 0 Å². The third-order valence-electron chi connectivity index (χ3n) is 2.66. The minimum absolute atomic E-state index is 0.428. The van der Waals surface area contributed by atoms with Gasteiger partial charge in [-0.3, -0.25) is 4.79 Å². The zero-order valence-electron chi connectivity index (χ0n) is 8.15. The second-order valence-corrected chi connectivity index (χ2v) is 3.93. The molecule has 2 rings (SSSR count). The summed E-state index contributed by atoms with van der Waals surface area (Å²) in [5, 5.41) is 18.1. The summed E-state index contributed by atoms with van der Waals surface area (Å²) in [5.41, 5.74) is 0.428. The van der Waals surface area contributed by atoms with Crippen molar-refractivity contribution in [3.63, 3.8) is 0 Å². The summed E-state index contributed by atoms with van der Waals surface area (Å²) in [7, 11) is 0. The number of nitrogens with one attached hydrogen (secondary N) is 1. The molecule has 1 aliphatic carbocycles. The fourth-order valence-corrected chi connectivity index (χ4v) is 1.88. The van der Waals surface area contributed by atoms with Crippen LogP contribution in [0.4, 0.5) is 0 Å². The highest BCUT2D eigenvalue weighted by Crippen LogP contribution is 2.42. The van der Waals surface area contributed by atoms with E-state index < -0.39 is 11.9 Å². The number of carbonyl (C=O) groups is 3. The minimum Gasteiger partial charge on any atom is -0.473 e. The van der Waals surface area contributed by atoms with Gasteiger partial charge in [-0.2, -0.15) is 0 Å². The molecule has 0 atom stereocenters. The van der Waals surface area contributed by atoms with Gasteiger partial charge in [0.1, 0.15) is 5.78 Å². The Hall–Kier alpha value is -1.43. The number of Topliss-reactive ketones (excluding diaryl/α,β-unsaturated/α-hetero) is 1. The minimum atomic E-state index is -1.82. The highest BCUT2D eigenvalue weighted by Gasteiger charge is 2.44. The van der Waals surface area contributed by atoms with E-state index in [-0.39, 0.29) is 0 Å². The smallest absolute Gasteiger partial charge is 0.414 e. The zero-order valence-corrected chi connectivity index (χ0v) is 8.15. The highest BCUT2D eigenvalue weighted by molar-refractivity contribution is 6.27. The molecule has 1 aliphatic heterocycles. The highest BCUT2D eigenvalue weighted by atomic mass is 16.4. The average Bonchev–Trinajstić information content (AvgIpc) is 2.53. The summed E-state index contributed by atoms with van der Waals surface area (Å²) >= 11 is 0. The lowest BCUT2D eigenvalue weighted by atomic mass is 9.67. The molecular weight excluding hydrogens is 202 g/mol. The van der Waals surface area contributed by atoms with Crippen LogP contribution < -0.4 is 5.32 Å². The predicted molar refractivity (Wildman–Crippen MR) is 49.4 cm³/mol. The number of carboxylic acid groups (broad SMARTS) is 2. The molecule has 2 aliphatic rings. The lowest BCUT2D eigenvalue weighted by Crippen LogP contribution is -2.39. The Morgan fingerprint density at radius 3 is 2.00 bits per heavy atom. The third kappa shape index (κ3) is 3.02. The molecular formula is C9H13NO5. The van der Waals surface area contributed by atoms with Crippen molar-refractivity contribution in [2.75, 3.05) is 13.1 Å². The van der Waals surface area contributed by atoms with Crippen molar-refractivity contribution in [2.45, 2.75) is 19.3 Å². The Morgan fingerprint density at radius 1 is 1.20 bits per heavy atom. The zero-order chi connectivity index (χ0) is 11.5. The van der Waals surface area contributed by atoms with Gasteiger partial charge in [-0.1, -0.05) is 0 Å². The molecule has 2 fully saturated rings. The maximum absolute atomic E-state index is 10.6. The number of carbonyl (C=O) groups excluding carboxylic acids is 1. The van der Waals surface area contributed by atoms with E-state index in [1.165, 1.54) is 6.42 Å². The van der Waals surface area contributed by atoms with Crippen LogP contribution in [0.1, 0.15) is 19.3 Å². The first-order valence-electron chi connectivity index (χ1n) is 4.64. The Bertz CT molecular complexity index is 271. The van der Waals surface area contributed by atoms with Crippen LogP contribution in [0, 0.1) is 5.41 Å². The lowest BCUT2D eigenvalue weighted by molar-refractivity contribution is -0.159. The van der Waals surface area contributed by atoms with Gasteiger partial charge in [-0.15, -0.1) is 0 Å². The Labute approximate surface area is 86.3 Å². The van der Waals surface area contributed by atoms with Crippen LogP contribution in [-0.4, -0.2) is 41.0 Å². The van der Waals surface area contributed by atoms with Crippen LogP contribution in [0.25, 0.3) is 0 Å². The normalized spacial score (nSPS) is 21.5. The number of hydrogen-bond acceptors (Lipinski definition) is 4. The molecule has 0 unspecified atom stereocenters.